The van der Waals surface area contributed by atoms with Crippen LogP contribution in [0.25, 0.3) is 0 Å². The van der Waals surface area contributed by atoms with Gasteiger partial charge in [0.15, 0.2) is 0 Å². The highest BCUT2D eigenvalue weighted by Crippen LogP contribution is 2.15. The Labute approximate surface area is 172 Å². The van der Waals surface area contributed by atoms with Crippen molar-refractivity contribution in [1.29, 1.82) is 0 Å². The fourth-order valence-corrected chi connectivity index (χ4v) is 3.84. The summed E-state index contributed by atoms with van der Waals surface area (Å²) < 4.78 is 28.2. The van der Waals surface area contributed by atoms with Gasteiger partial charge in [-0.15, -0.1) is 0 Å². The number of amides is 1. The Kier molecular flexibility index (Phi) is 6.89. The first-order valence-corrected chi connectivity index (χ1v) is 11.2. The number of sulfonamides is 1. The topological polar surface area (TPSA) is 92.9 Å². The smallest absolute Gasteiger partial charge is 0.238 e. The number of hydrogen-bond acceptors (Lipinski definition) is 5. The van der Waals surface area contributed by atoms with Gasteiger partial charge in [-0.2, -0.15) is 0 Å². The van der Waals surface area contributed by atoms with Crippen molar-refractivity contribution < 1.29 is 17.9 Å². The van der Waals surface area contributed by atoms with E-state index in [4.69, 9.17) is 9.88 Å². The van der Waals surface area contributed by atoms with E-state index in [0.717, 1.165) is 30.8 Å². The fraction of sp³-hybridized carbons (Fsp3) is 0.381. The van der Waals surface area contributed by atoms with Crippen molar-refractivity contribution in [3.05, 3.63) is 59.7 Å². The Bertz CT molecular complexity index is 937. The van der Waals surface area contributed by atoms with E-state index in [1.165, 1.54) is 12.1 Å². The molecule has 29 heavy (non-hydrogen) atoms. The molecule has 156 valence electrons. The van der Waals surface area contributed by atoms with Crippen molar-refractivity contribution in [2.45, 2.75) is 18.2 Å². The van der Waals surface area contributed by atoms with Crippen LogP contribution in [0, 0.1) is 6.92 Å². The molecule has 1 fully saturated rings. The number of aryl methyl sites for hydroxylation is 1. The molecule has 0 radical (unpaired) electrons. The van der Waals surface area contributed by atoms with Gasteiger partial charge in [0.1, 0.15) is 12.4 Å². The van der Waals surface area contributed by atoms with Crippen molar-refractivity contribution in [3.8, 4) is 5.75 Å². The number of rotatable bonds is 7. The molecule has 2 aromatic carbocycles. The molecule has 0 spiro atoms. The van der Waals surface area contributed by atoms with E-state index in [2.05, 4.69) is 4.90 Å². The van der Waals surface area contributed by atoms with Gasteiger partial charge in [-0.1, -0.05) is 24.3 Å². The molecular formula is C21H27N3O4S. The van der Waals surface area contributed by atoms with Gasteiger partial charge in [0.2, 0.25) is 15.9 Å². The predicted octanol–water partition coefficient (Wildman–Crippen LogP) is 1.41. The Morgan fingerprint density at radius 3 is 2.31 bits per heavy atom. The van der Waals surface area contributed by atoms with Crippen LogP contribution in [0.1, 0.15) is 11.1 Å². The van der Waals surface area contributed by atoms with Crippen LogP contribution in [0.3, 0.4) is 0 Å². The zero-order valence-corrected chi connectivity index (χ0v) is 17.4. The first-order chi connectivity index (χ1) is 13.8. The van der Waals surface area contributed by atoms with Crippen LogP contribution in [-0.4, -0.2) is 63.5 Å². The van der Waals surface area contributed by atoms with E-state index in [1.807, 2.05) is 36.1 Å². The summed E-state index contributed by atoms with van der Waals surface area (Å²) in [6.45, 7) is 6.33. The lowest BCUT2D eigenvalue weighted by atomic mass is 10.1. The van der Waals surface area contributed by atoms with Crippen molar-refractivity contribution in [1.82, 2.24) is 9.80 Å². The summed E-state index contributed by atoms with van der Waals surface area (Å²) in [5.41, 5.74) is 2.23. The molecule has 0 saturated carbocycles. The van der Waals surface area contributed by atoms with E-state index in [0.29, 0.717) is 31.9 Å². The summed E-state index contributed by atoms with van der Waals surface area (Å²) >= 11 is 0. The first kappa shape index (κ1) is 21.3. The lowest BCUT2D eigenvalue weighted by Crippen LogP contribution is -2.50. The van der Waals surface area contributed by atoms with Crippen LogP contribution in [-0.2, 0) is 21.2 Å². The second-order valence-electron chi connectivity index (χ2n) is 7.19. The summed E-state index contributed by atoms with van der Waals surface area (Å²) in [7, 11) is -3.69. The molecule has 0 bridgehead atoms. The van der Waals surface area contributed by atoms with Crippen molar-refractivity contribution in [2.75, 3.05) is 39.3 Å². The van der Waals surface area contributed by atoms with Crippen LogP contribution in [0.15, 0.2) is 53.4 Å². The normalized spacial score (nSPS) is 15.3. The van der Waals surface area contributed by atoms with Gasteiger partial charge >= 0.3 is 0 Å². The molecular weight excluding hydrogens is 390 g/mol. The maximum atomic E-state index is 12.6. The van der Waals surface area contributed by atoms with Crippen LogP contribution in [0.5, 0.6) is 5.75 Å². The summed E-state index contributed by atoms with van der Waals surface area (Å²) in [5, 5.41) is 5.08. The zero-order valence-electron chi connectivity index (χ0n) is 16.6. The van der Waals surface area contributed by atoms with Gasteiger partial charge in [0, 0.05) is 32.7 Å². The number of nitrogens with two attached hydrogens (primary N) is 1. The number of nitrogens with zero attached hydrogens (tertiary/aromatic N) is 2. The minimum Gasteiger partial charge on any atom is -0.492 e. The number of carbonyl (C=O) groups excluding carboxylic acids is 1. The molecule has 3 rings (SSSR count). The number of primary sulfonamides is 1. The van der Waals surface area contributed by atoms with E-state index in [1.54, 1.807) is 12.1 Å². The highest BCUT2D eigenvalue weighted by atomic mass is 32.2. The first-order valence-electron chi connectivity index (χ1n) is 9.63. The van der Waals surface area contributed by atoms with Gasteiger partial charge in [-0.25, -0.2) is 13.6 Å². The highest BCUT2D eigenvalue weighted by Gasteiger charge is 2.21. The molecule has 2 aromatic rings. The van der Waals surface area contributed by atoms with Crippen LogP contribution < -0.4 is 9.88 Å². The van der Waals surface area contributed by atoms with Crippen LogP contribution in [0.4, 0.5) is 0 Å². The van der Waals surface area contributed by atoms with Gasteiger partial charge < -0.3 is 9.64 Å². The lowest BCUT2D eigenvalue weighted by molar-refractivity contribution is -0.132. The summed E-state index contributed by atoms with van der Waals surface area (Å²) in [5.74, 6) is 0.773. The average molecular weight is 418 g/mol. The van der Waals surface area contributed by atoms with Crippen molar-refractivity contribution in [2.24, 2.45) is 5.14 Å². The molecule has 1 heterocycles. The van der Waals surface area contributed by atoms with Crippen molar-refractivity contribution >= 4 is 15.9 Å². The molecule has 0 aliphatic carbocycles. The maximum absolute atomic E-state index is 12.6. The molecule has 1 amide bonds. The highest BCUT2D eigenvalue weighted by molar-refractivity contribution is 7.89. The summed E-state index contributed by atoms with van der Waals surface area (Å²) in [4.78, 5) is 16.8. The van der Waals surface area contributed by atoms with Gasteiger partial charge in [-0.05, 0) is 42.3 Å². The number of carbonyl (C=O) groups is 1. The van der Waals surface area contributed by atoms with E-state index in [9.17, 15) is 13.2 Å². The third-order valence-electron chi connectivity index (χ3n) is 5.16. The third kappa shape index (κ3) is 6.03. The second-order valence-corrected chi connectivity index (χ2v) is 8.75. The SMILES string of the molecule is Cc1ccccc1CC(=O)N1CCN(CCOc2ccc(S(N)(=O)=O)cc2)CC1. The molecule has 1 aliphatic heterocycles. The summed E-state index contributed by atoms with van der Waals surface area (Å²) in [6.07, 6.45) is 0.449. The Morgan fingerprint density at radius 2 is 1.69 bits per heavy atom. The number of benzene rings is 2. The standard InChI is InChI=1S/C21H27N3O4S/c1-17-4-2-3-5-18(17)16-21(25)24-12-10-23(11-13-24)14-15-28-19-6-8-20(9-7-19)29(22,26)27/h2-9H,10-16H2,1H3,(H2,22,26,27). The van der Waals surface area contributed by atoms with Crippen LogP contribution in [0.2, 0.25) is 0 Å². The van der Waals surface area contributed by atoms with Gasteiger partial charge in [0.25, 0.3) is 0 Å². The molecule has 0 unspecified atom stereocenters. The van der Waals surface area contributed by atoms with Crippen molar-refractivity contribution in [3.63, 3.8) is 0 Å². The Balaban J connectivity index is 1.40. The number of ether oxygens (including phenoxy) is 1. The lowest BCUT2D eigenvalue weighted by Gasteiger charge is -2.34. The quantitative estimate of drug-likeness (QED) is 0.735. The molecule has 8 heteroatoms. The van der Waals surface area contributed by atoms with Gasteiger partial charge in [0.05, 0.1) is 11.3 Å². The Morgan fingerprint density at radius 1 is 1.03 bits per heavy atom. The molecule has 1 saturated heterocycles. The molecule has 1 aliphatic rings. The monoisotopic (exact) mass is 417 g/mol. The van der Waals surface area contributed by atoms with Crippen LogP contribution >= 0.6 is 0 Å². The molecule has 0 aromatic heterocycles. The minimum atomic E-state index is -3.69. The number of hydrogen-bond donors (Lipinski definition) is 1. The third-order valence-corrected chi connectivity index (χ3v) is 6.09. The van der Waals surface area contributed by atoms with Gasteiger partial charge in [-0.3, -0.25) is 9.69 Å². The van der Waals surface area contributed by atoms with E-state index < -0.39 is 10.0 Å². The maximum Gasteiger partial charge on any atom is 0.238 e. The number of piperazine rings is 1. The average Bonchev–Trinajstić information content (AvgIpc) is 2.70. The second kappa shape index (κ2) is 9.39. The summed E-state index contributed by atoms with van der Waals surface area (Å²) in [6, 6.07) is 14.1. The Hall–Kier alpha value is -2.42. The van der Waals surface area contributed by atoms with E-state index >= 15 is 0 Å². The zero-order chi connectivity index (χ0) is 20.9. The fourth-order valence-electron chi connectivity index (χ4n) is 3.32. The molecule has 7 nitrogen and oxygen atoms in total. The molecule has 0 atom stereocenters. The minimum absolute atomic E-state index is 0.0661. The molecule has 2 N–H and O–H groups in total. The predicted molar refractivity (Wildman–Crippen MR) is 111 cm³/mol. The van der Waals surface area contributed by atoms with E-state index in [-0.39, 0.29) is 10.8 Å². The largest absolute Gasteiger partial charge is 0.492 e.